The number of benzene rings is 1. The molecule has 1 aliphatic carbocycles. The summed E-state index contributed by atoms with van der Waals surface area (Å²) in [5.74, 6) is 0.746. The summed E-state index contributed by atoms with van der Waals surface area (Å²) in [4.78, 5) is 13.3. The highest BCUT2D eigenvalue weighted by atomic mass is 16.5. The molecule has 0 saturated heterocycles. The Kier molecular flexibility index (Phi) is 4.27. The standard InChI is InChI=1S/C14H20N2O3/c1-16(14(18)15-11-5-6-11)9-13(17)10-3-7-12(19-2)8-4-10/h3-4,7-8,11,13,17H,5-6,9H2,1-2H3,(H,15,18). The topological polar surface area (TPSA) is 61.8 Å². The van der Waals surface area contributed by atoms with Gasteiger partial charge in [-0.15, -0.1) is 0 Å². The van der Waals surface area contributed by atoms with E-state index in [4.69, 9.17) is 4.74 Å². The van der Waals surface area contributed by atoms with Gasteiger partial charge in [0.15, 0.2) is 0 Å². The average Bonchev–Trinajstić information content (AvgIpc) is 3.22. The zero-order valence-electron chi connectivity index (χ0n) is 11.3. The summed E-state index contributed by atoms with van der Waals surface area (Å²) in [6.07, 6.45) is 1.42. The van der Waals surface area contributed by atoms with Gasteiger partial charge in [0.25, 0.3) is 0 Å². The molecule has 2 rings (SSSR count). The highest BCUT2D eigenvalue weighted by Crippen LogP contribution is 2.20. The summed E-state index contributed by atoms with van der Waals surface area (Å²) in [5.41, 5.74) is 0.770. The fourth-order valence-electron chi connectivity index (χ4n) is 1.79. The van der Waals surface area contributed by atoms with Gasteiger partial charge in [0.1, 0.15) is 5.75 Å². The Balaban J connectivity index is 1.87. The lowest BCUT2D eigenvalue weighted by Gasteiger charge is -2.21. The van der Waals surface area contributed by atoms with Crippen LogP contribution < -0.4 is 10.1 Å². The molecule has 1 atom stereocenters. The predicted molar refractivity (Wildman–Crippen MR) is 72.1 cm³/mol. The van der Waals surface area contributed by atoms with Gasteiger partial charge in [-0.1, -0.05) is 12.1 Å². The number of hydrogen-bond acceptors (Lipinski definition) is 3. The molecular weight excluding hydrogens is 244 g/mol. The van der Waals surface area contributed by atoms with Gasteiger partial charge < -0.3 is 20.1 Å². The average molecular weight is 264 g/mol. The van der Waals surface area contributed by atoms with E-state index in [1.54, 1.807) is 38.4 Å². The lowest BCUT2D eigenvalue weighted by atomic mass is 10.1. The Morgan fingerprint density at radius 1 is 1.47 bits per heavy atom. The number of likely N-dealkylation sites (N-methyl/N-ethyl adjacent to an activating group) is 1. The van der Waals surface area contributed by atoms with Crippen LogP contribution in [0.5, 0.6) is 5.75 Å². The summed E-state index contributed by atoms with van der Waals surface area (Å²) in [6.45, 7) is 0.269. The molecule has 104 valence electrons. The molecule has 0 radical (unpaired) electrons. The van der Waals surface area contributed by atoms with Crippen LogP contribution in [0.1, 0.15) is 24.5 Å². The maximum absolute atomic E-state index is 11.7. The normalized spacial score (nSPS) is 15.7. The highest BCUT2D eigenvalue weighted by Gasteiger charge is 2.25. The van der Waals surface area contributed by atoms with E-state index in [9.17, 15) is 9.90 Å². The van der Waals surface area contributed by atoms with Gasteiger partial charge >= 0.3 is 6.03 Å². The third kappa shape index (κ3) is 3.86. The van der Waals surface area contributed by atoms with E-state index in [0.717, 1.165) is 24.2 Å². The van der Waals surface area contributed by atoms with Crippen LogP contribution in [-0.2, 0) is 0 Å². The Bertz CT molecular complexity index is 429. The zero-order valence-corrected chi connectivity index (χ0v) is 11.3. The molecule has 2 amide bonds. The SMILES string of the molecule is COc1ccc(C(O)CN(C)C(=O)NC2CC2)cc1. The second kappa shape index (κ2) is 5.93. The molecular formula is C14H20N2O3. The van der Waals surface area contributed by atoms with Gasteiger partial charge in [-0.25, -0.2) is 4.79 Å². The fraction of sp³-hybridized carbons (Fsp3) is 0.500. The van der Waals surface area contributed by atoms with Gasteiger partial charge in [-0.05, 0) is 30.5 Å². The molecule has 5 nitrogen and oxygen atoms in total. The third-order valence-electron chi connectivity index (χ3n) is 3.20. The van der Waals surface area contributed by atoms with Crippen molar-refractivity contribution >= 4 is 6.03 Å². The molecule has 0 bridgehead atoms. The minimum absolute atomic E-state index is 0.130. The van der Waals surface area contributed by atoms with Crippen LogP contribution in [0, 0.1) is 0 Å². The number of nitrogens with zero attached hydrogens (tertiary/aromatic N) is 1. The summed E-state index contributed by atoms with van der Waals surface area (Å²) in [7, 11) is 3.28. The number of nitrogens with one attached hydrogen (secondary N) is 1. The molecule has 0 spiro atoms. The first kappa shape index (κ1) is 13.7. The third-order valence-corrected chi connectivity index (χ3v) is 3.20. The maximum Gasteiger partial charge on any atom is 0.317 e. The number of hydrogen-bond donors (Lipinski definition) is 2. The molecule has 1 aromatic rings. The van der Waals surface area contributed by atoms with Crippen LogP contribution in [0.15, 0.2) is 24.3 Å². The van der Waals surface area contributed by atoms with Crippen LogP contribution >= 0.6 is 0 Å². The lowest BCUT2D eigenvalue weighted by Crippen LogP contribution is -2.40. The van der Waals surface area contributed by atoms with Gasteiger partial charge in [0, 0.05) is 13.1 Å². The monoisotopic (exact) mass is 264 g/mol. The van der Waals surface area contributed by atoms with E-state index in [2.05, 4.69) is 5.32 Å². The first-order valence-electron chi connectivity index (χ1n) is 6.44. The minimum Gasteiger partial charge on any atom is -0.497 e. The Labute approximate surface area is 113 Å². The molecule has 1 aromatic carbocycles. The number of carbonyl (C=O) groups excluding carboxylic acids is 1. The molecule has 0 aromatic heterocycles. The molecule has 1 saturated carbocycles. The second-order valence-electron chi connectivity index (χ2n) is 4.89. The quantitative estimate of drug-likeness (QED) is 0.848. The van der Waals surface area contributed by atoms with Crippen LogP contribution in [-0.4, -0.2) is 42.8 Å². The minimum atomic E-state index is -0.694. The second-order valence-corrected chi connectivity index (χ2v) is 4.89. The van der Waals surface area contributed by atoms with E-state index < -0.39 is 6.10 Å². The Morgan fingerprint density at radius 3 is 2.63 bits per heavy atom. The number of carbonyl (C=O) groups is 1. The van der Waals surface area contributed by atoms with Crippen molar-refractivity contribution in [2.24, 2.45) is 0 Å². The van der Waals surface area contributed by atoms with Crippen molar-refractivity contribution in [2.75, 3.05) is 20.7 Å². The van der Waals surface area contributed by atoms with Crippen LogP contribution in [0.4, 0.5) is 4.79 Å². The van der Waals surface area contributed by atoms with Crippen molar-refractivity contribution in [3.8, 4) is 5.75 Å². The molecule has 19 heavy (non-hydrogen) atoms. The predicted octanol–water partition coefficient (Wildman–Crippen LogP) is 1.53. The summed E-state index contributed by atoms with van der Waals surface area (Å²) in [6, 6.07) is 7.39. The Morgan fingerprint density at radius 2 is 2.11 bits per heavy atom. The molecule has 1 fully saturated rings. The summed E-state index contributed by atoms with van der Waals surface area (Å²) < 4.78 is 5.06. The largest absolute Gasteiger partial charge is 0.497 e. The number of urea groups is 1. The first-order valence-corrected chi connectivity index (χ1v) is 6.44. The van der Waals surface area contributed by atoms with Crippen molar-refractivity contribution in [1.29, 1.82) is 0 Å². The number of rotatable bonds is 5. The number of methoxy groups -OCH3 is 1. The summed E-state index contributed by atoms with van der Waals surface area (Å²) >= 11 is 0. The molecule has 0 heterocycles. The van der Waals surface area contributed by atoms with Gasteiger partial charge in [-0.2, -0.15) is 0 Å². The van der Waals surface area contributed by atoms with E-state index in [-0.39, 0.29) is 12.6 Å². The van der Waals surface area contributed by atoms with E-state index >= 15 is 0 Å². The molecule has 2 N–H and O–H groups in total. The molecule has 1 unspecified atom stereocenters. The zero-order chi connectivity index (χ0) is 13.8. The fourth-order valence-corrected chi connectivity index (χ4v) is 1.79. The lowest BCUT2D eigenvalue weighted by molar-refractivity contribution is 0.131. The van der Waals surface area contributed by atoms with Crippen LogP contribution in [0.3, 0.4) is 0 Å². The van der Waals surface area contributed by atoms with Crippen LogP contribution in [0.25, 0.3) is 0 Å². The van der Waals surface area contributed by atoms with E-state index in [0.29, 0.717) is 6.04 Å². The maximum atomic E-state index is 11.7. The van der Waals surface area contributed by atoms with Gasteiger partial charge in [0.2, 0.25) is 0 Å². The molecule has 1 aliphatic rings. The molecule has 5 heteroatoms. The van der Waals surface area contributed by atoms with E-state index in [1.807, 2.05) is 0 Å². The number of aliphatic hydroxyl groups is 1. The molecule has 0 aliphatic heterocycles. The van der Waals surface area contributed by atoms with Crippen molar-refractivity contribution < 1.29 is 14.6 Å². The smallest absolute Gasteiger partial charge is 0.317 e. The summed E-state index contributed by atoms with van der Waals surface area (Å²) in [5, 5.41) is 13.0. The number of ether oxygens (including phenoxy) is 1. The Hall–Kier alpha value is -1.75. The number of aliphatic hydroxyl groups excluding tert-OH is 1. The highest BCUT2D eigenvalue weighted by molar-refractivity contribution is 5.74. The van der Waals surface area contributed by atoms with Gasteiger partial charge in [-0.3, -0.25) is 0 Å². The van der Waals surface area contributed by atoms with Crippen LogP contribution in [0.2, 0.25) is 0 Å². The van der Waals surface area contributed by atoms with Gasteiger partial charge in [0.05, 0.1) is 19.8 Å². The van der Waals surface area contributed by atoms with Crippen molar-refractivity contribution in [3.05, 3.63) is 29.8 Å². The van der Waals surface area contributed by atoms with Crippen molar-refractivity contribution in [2.45, 2.75) is 25.0 Å². The van der Waals surface area contributed by atoms with Crippen molar-refractivity contribution in [1.82, 2.24) is 10.2 Å². The number of amides is 2. The first-order chi connectivity index (χ1) is 9.10. The van der Waals surface area contributed by atoms with E-state index in [1.165, 1.54) is 4.90 Å². The van der Waals surface area contributed by atoms with Crippen molar-refractivity contribution in [3.63, 3.8) is 0 Å².